The maximum Gasteiger partial charge on any atom is 0.116 e. The topological polar surface area (TPSA) is 66.5 Å². The molecule has 72 valence electrons. The van der Waals surface area contributed by atoms with Crippen molar-refractivity contribution < 1.29 is 10.2 Å². The average molecular weight is 246 g/mol. The van der Waals surface area contributed by atoms with Gasteiger partial charge in [-0.1, -0.05) is 15.9 Å². The van der Waals surface area contributed by atoms with Gasteiger partial charge in [-0.15, -0.1) is 0 Å². The fourth-order valence-corrected chi connectivity index (χ4v) is 1.61. The van der Waals surface area contributed by atoms with Crippen molar-refractivity contribution in [2.24, 2.45) is 5.73 Å². The molecule has 1 atom stereocenters. The molecule has 0 aliphatic heterocycles. The lowest BCUT2D eigenvalue weighted by Crippen LogP contribution is -2.07. The Labute approximate surface area is 85.3 Å². The summed E-state index contributed by atoms with van der Waals surface area (Å²) in [5.41, 5.74) is 5.99. The summed E-state index contributed by atoms with van der Waals surface area (Å²) in [4.78, 5) is 0. The first kappa shape index (κ1) is 10.5. The van der Waals surface area contributed by atoms with Gasteiger partial charge in [0, 0.05) is 4.47 Å². The van der Waals surface area contributed by atoms with Crippen molar-refractivity contribution in [3.05, 3.63) is 28.2 Å². The summed E-state index contributed by atoms with van der Waals surface area (Å²) in [5, 5.41) is 18.8. The van der Waals surface area contributed by atoms with E-state index in [-0.39, 0.29) is 5.75 Å². The number of aromatic hydroxyl groups is 1. The van der Waals surface area contributed by atoms with E-state index in [4.69, 9.17) is 5.73 Å². The molecule has 0 amide bonds. The van der Waals surface area contributed by atoms with Crippen LogP contribution < -0.4 is 5.73 Å². The maximum atomic E-state index is 9.60. The molecule has 1 aromatic rings. The second kappa shape index (κ2) is 4.60. The van der Waals surface area contributed by atoms with E-state index < -0.39 is 6.10 Å². The fourth-order valence-electron chi connectivity index (χ4n) is 1.10. The first-order valence-electron chi connectivity index (χ1n) is 4.01. The average Bonchev–Trinajstić information content (AvgIpc) is 2.09. The molecule has 3 nitrogen and oxygen atoms in total. The lowest BCUT2D eigenvalue weighted by molar-refractivity contribution is 0.169. The lowest BCUT2D eigenvalue weighted by Gasteiger charge is -2.11. The number of phenolic OH excluding ortho intramolecular Hbond substituents is 1. The van der Waals surface area contributed by atoms with Crippen molar-refractivity contribution in [2.75, 3.05) is 6.54 Å². The quantitative estimate of drug-likeness (QED) is 0.757. The number of aliphatic hydroxyl groups excluding tert-OH is 1. The van der Waals surface area contributed by atoms with Crippen molar-refractivity contribution >= 4 is 15.9 Å². The van der Waals surface area contributed by atoms with Crippen LogP contribution in [0, 0.1) is 0 Å². The Hall–Kier alpha value is -0.580. The smallest absolute Gasteiger partial charge is 0.116 e. The highest BCUT2D eigenvalue weighted by atomic mass is 79.9. The molecule has 0 saturated heterocycles. The van der Waals surface area contributed by atoms with Gasteiger partial charge in [0.1, 0.15) is 5.75 Å². The molecule has 0 bridgehead atoms. The highest BCUT2D eigenvalue weighted by molar-refractivity contribution is 9.10. The van der Waals surface area contributed by atoms with E-state index in [2.05, 4.69) is 15.9 Å². The predicted octanol–water partition coefficient (Wildman–Crippen LogP) is 1.54. The van der Waals surface area contributed by atoms with Gasteiger partial charge in [-0.25, -0.2) is 0 Å². The van der Waals surface area contributed by atoms with E-state index in [1.165, 1.54) is 6.07 Å². The summed E-state index contributed by atoms with van der Waals surface area (Å²) in [6, 6.07) is 4.79. The molecule has 1 aromatic carbocycles. The van der Waals surface area contributed by atoms with Gasteiger partial charge >= 0.3 is 0 Å². The summed E-state index contributed by atoms with van der Waals surface area (Å²) in [6.45, 7) is 0.420. The zero-order chi connectivity index (χ0) is 9.84. The van der Waals surface area contributed by atoms with Gasteiger partial charge in [0.25, 0.3) is 0 Å². The third-order valence-corrected chi connectivity index (χ3v) is 2.50. The minimum Gasteiger partial charge on any atom is -0.508 e. The minimum atomic E-state index is -0.619. The Kier molecular flexibility index (Phi) is 3.71. The van der Waals surface area contributed by atoms with Crippen molar-refractivity contribution in [1.29, 1.82) is 0 Å². The van der Waals surface area contributed by atoms with Crippen LogP contribution in [0.4, 0.5) is 0 Å². The number of aliphatic hydroxyl groups is 1. The molecule has 4 heteroatoms. The second-order valence-corrected chi connectivity index (χ2v) is 3.65. The molecular formula is C9H12BrNO2. The third kappa shape index (κ3) is 2.69. The summed E-state index contributed by atoms with van der Waals surface area (Å²) in [5.74, 6) is 0.147. The van der Waals surface area contributed by atoms with Crippen LogP contribution >= 0.6 is 15.9 Å². The normalized spacial score (nSPS) is 12.8. The molecule has 0 radical (unpaired) electrons. The van der Waals surface area contributed by atoms with Gasteiger partial charge in [0.2, 0.25) is 0 Å². The molecule has 0 fully saturated rings. The summed E-state index contributed by atoms with van der Waals surface area (Å²) in [6.07, 6.45) is -0.131. The van der Waals surface area contributed by atoms with Crippen molar-refractivity contribution in [2.45, 2.75) is 12.5 Å². The Morgan fingerprint density at radius 2 is 2.15 bits per heavy atom. The van der Waals surface area contributed by atoms with Crippen LogP contribution in [-0.2, 0) is 0 Å². The Bertz CT molecular complexity index is 291. The standard InChI is InChI=1S/C9H12BrNO2/c10-8-2-1-6(12)5-7(8)9(13)3-4-11/h1-2,5,9,12-13H,3-4,11H2/t9-/m0/s1. The van der Waals surface area contributed by atoms with Crippen LogP contribution in [-0.4, -0.2) is 16.8 Å². The number of hydrogen-bond donors (Lipinski definition) is 3. The maximum absolute atomic E-state index is 9.60. The van der Waals surface area contributed by atoms with Crippen molar-refractivity contribution in [3.8, 4) is 5.75 Å². The largest absolute Gasteiger partial charge is 0.508 e. The lowest BCUT2D eigenvalue weighted by atomic mass is 10.1. The monoisotopic (exact) mass is 245 g/mol. The van der Waals surface area contributed by atoms with Gasteiger partial charge in [0.05, 0.1) is 6.10 Å². The van der Waals surface area contributed by atoms with E-state index >= 15 is 0 Å². The van der Waals surface area contributed by atoms with Gasteiger partial charge in [-0.3, -0.25) is 0 Å². The highest BCUT2D eigenvalue weighted by Gasteiger charge is 2.10. The van der Waals surface area contributed by atoms with Gasteiger partial charge in [0.15, 0.2) is 0 Å². The van der Waals surface area contributed by atoms with Gasteiger partial charge < -0.3 is 15.9 Å². The van der Waals surface area contributed by atoms with Crippen molar-refractivity contribution in [1.82, 2.24) is 0 Å². The first-order valence-corrected chi connectivity index (χ1v) is 4.81. The molecule has 0 aromatic heterocycles. The molecule has 0 unspecified atom stereocenters. The van der Waals surface area contributed by atoms with E-state index in [0.717, 1.165) is 4.47 Å². The summed E-state index contributed by atoms with van der Waals surface area (Å²) < 4.78 is 0.784. The number of halogens is 1. The molecule has 0 aliphatic rings. The number of hydrogen-bond acceptors (Lipinski definition) is 3. The number of benzene rings is 1. The molecule has 0 spiro atoms. The van der Waals surface area contributed by atoms with E-state index in [1.807, 2.05) is 0 Å². The first-order chi connectivity index (χ1) is 6.15. The van der Waals surface area contributed by atoms with Gasteiger partial charge in [-0.2, -0.15) is 0 Å². The fraction of sp³-hybridized carbons (Fsp3) is 0.333. The van der Waals surface area contributed by atoms with Crippen LogP contribution in [0.25, 0.3) is 0 Å². The minimum absolute atomic E-state index is 0.147. The number of phenols is 1. The Morgan fingerprint density at radius 3 is 2.77 bits per heavy atom. The van der Waals surface area contributed by atoms with Crippen LogP contribution in [0.1, 0.15) is 18.1 Å². The molecule has 0 saturated carbocycles. The summed E-state index contributed by atoms with van der Waals surface area (Å²) >= 11 is 3.29. The molecule has 0 heterocycles. The predicted molar refractivity (Wildman–Crippen MR) is 54.4 cm³/mol. The zero-order valence-corrected chi connectivity index (χ0v) is 8.66. The Balaban J connectivity index is 2.91. The van der Waals surface area contributed by atoms with E-state index in [9.17, 15) is 10.2 Å². The van der Waals surface area contributed by atoms with Crippen LogP contribution in [0.2, 0.25) is 0 Å². The SMILES string of the molecule is NCC[C@H](O)c1cc(O)ccc1Br. The summed E-state index contributed by atoms with van der Waals surface area (Å²) in [7, 11) is 0. The number of rotatable bonds is 3. The molecule has 1 rings (SSSR count). The molecular weight excluding hydrogens is 234 g/mol. The zero-order valence-electron chi connectivity index (χ0n) is 7.07. The van der Waals surface area contributed by atoms with E-state index in [0.29, 0.717) is 18.5 Å². The third-order valence-electron chi connectivity index (χ3n) is 1.78. The second-order valence-electron chi connectivity index (χ2n) is 2.80. The van der Waals surface area contributed by atoms with Crippen LogP contribution in [0.3, 0.4) is 0 Å². The molecule has 13 heavy (non-hydrogen) atoms. The Morgan fingerprint density at radius 1 is 1.46 bits per heavy atom. The van der Waals surface area contributed by atoms with Crippen LogP contribution in [0.15, 0.2) is 22.7 Å². The van der Waals surface area contributed by atoms with E-state index in [1.54, 1.807) is 12.1 Å². The van der Waals surface area contributed by atoms with Crippen LogP contribution in [0.5, 0.6) is 5.75 Å². The van der Waals surface area contributed by atoms with Crippen molar-refractivity contribution in [3.63, 3.8) is 0 Å². The highest BCUT2D eigenvalue weighted by Crippen LogP contribution is 2.28. The van der Waals surface area contributed by atoms with Gasteiger partial charge in [-0.05, 0) is 36.7 Å². The molecule has 4 N–H and O–H groups in total. The molecule has 0 aliphatic carbocycles. The number of nitrogens with two attached hydrogens (primary N) is 1.